The maximum atomic E-state index is 10.7. The van der Waals surface area contributed by atoms with Gasteiger partial charge in [0, 0.05) is 13.1 Å². The van der Waals surface area contributed by atoms with E-state index < -0.39 is 5.97 Å². The Morgan fingerprint density at radius 2 is 2.38 bits per heavy atom. The monoisotopic (exact) mass is 225 g/mol. The van der Waals surface area contributed by atoms with Gasteiger partial charge in [-0.25, -0.2) is 0 Å². The fraction of sp³-hybridized carbons (Fsp3) is 0.700. The normalized spacial score (nSPS) is 19.4. The molecule has 1 atom stereocenters. The van der Waals surface area contributed by atoms with Crippen LogP contribution in [0.25, 0.3) is 0 Å². The average Bonchev–Trinajstić information content (AvgIpc) is 2.56. The molecule has 0 saturated carbocycles. The molecule has 2 heterocycles. The maximum Gasteiger partial charge on any atom is 0.306 e. The van der Waals surface area contributed by atoms with Gasteiger partial charge in [0.15, 0.2) is 5.82 Å². The van der Waals surface area contributed by atoms with Crippen LogP contribution >= 0.6 is 0 Å². The van der Waals surface area contributed by atoms with Crippen molar-refractivity contribution in [2.45, 2.75) is 20.4 Å². The number of carboxylic acids is 1. The molecule has 1 unspecified atom stereocenters. The second kappa shape index (κ2) is 4.21. The summed E-state index contributed by atoms with van der Waals surface area (Å²) in [6.45, 7) is 5.72. The highest BCUT2D eigenvalue weighted by Gasteiger charge is 2.35. The van der Waals surface area contributed by atoms with Crippen LogP contribution in [0.2, 0.25) is 0 Å². The minimum atomic E-state index is -0.724. The zero-order valence-corrected chi connectivity index (χ0v) is 9.38. The van der Waals surface area contributed by atoms with E-state index in [4.69, 9.17) is 9.63 Å². The number of rotatable bonds is 4. The summed E-state index contributed by atoms with van der Waals surface area (Å²) in [4.78, 5) is 17.0. The van der Waals surface area contributed by atoms with Crippen LogP contribution in [-0.4, -0.2) is 39.2 Å². The fourth-order valence-electron chi connectivity index (χ4n) is 1.85. The van der Waals surface area contributed by atoms with E-state index in [0.717, 1.165) is 13.1 Å². The van der Waals surface area contributed by atoms with Crippen LogP contribution in [-0.2, 0) is 11.3 Å². The van der Waals surface area contributed by atoms with Gasteiger partial charge in [0.05, 0.1) is 12.5 Å². The van der Waals surface area contributed by atoms with Crippen molar-refractivity contribution in [2.24, 2.45) is 11.8 Å². The van der Waals surface area contributed by atoms with Crippen molar-refractivity contribution in [3.63, 3.8) is 0 Å². The Morgan fingerprint density at radius 3 is 2.88 bits per heavy atom. The maximum absolute atomic E-state index is 10.7. The third-order valence-electron chi connectivity index (χ3n) is 3.01. The Balaban J connectivity index is 1.79. The van der Waals surface area contributed by atoms with Crippen LogP contribution in [0.1, 0.15) is 18.6 Å². The molecule has 0 spiro atoms. The van der Waals surface area contributed by atoms with Crippen LogP contribution in [0.5, 0.6) is 0 Å². The lowest BCUT2D eigenvalue weighted by Gasteiger charge is -2.40. The van der Waals surface area contributed by atoms with Crippen molar-refractivity contribution in [3.05, 3.63) is 11.7 Å². The summed E-state index contributed by atoms with van der Waals surface area (Å²) < 4.78 is 4.99. The molecule has 0 amide bonds. The van der Waals surface area contributed by atoms with Gasteiger partial charge in [0.2, 0.25) is 5.89 Å². The lowest BCUT2D eigenvalue weighted by atomic mass is 9.87. The van der Waals surface area contributed by atoms with Crippen LogP contribution in [0, 0.1) is 18.8 Å². The highest BCUT2D eigenvalue weighted by atomic mass is 16.5. The summed E-state index contributed by atoms with van der Waals surface area (Å²) in [6.07, 6.45) is 0. The van der Waals surface area contributed by atoms with Crippen LogP contribution < -0.4 is 0 Å². The summed E-state index contributed by atoms with van der Waals surface area (Å²) in [5.74, 6) is 0.463. The molecule has 2 rings (SSSR count). The van der Waals surface area contributed by atoms with Crippen molar-refractivity contribution in [3.8, 4) is 0 Å². The summed E-state index contributed by atoms with van der Waals surface area (Å²) in [5, 5.41) is 12.5. The quantitative estimate of drug-likeness (QED) is 0.805. The van der Waals surface area contributed by atoms with E-state index in [-0.39, 0.29) is 11.8 Å². The van der Waals surface area contributed by atoms with Gasteiger partial charge in [0.25, 0.3) is 0 Å². The molecule has 0 aliphatic carbocycles. The van der Waals surface area contributed by atoms with Gasteiger partial charge in [-0.3, -0.25) is 9.69 Å². The highest BCUT2D eigenvalue weighted by Crippen LogP contribution is 2.25. The number of carboxylic acid groups (broad SMARTS) is 1. The largest absolute Gasteiger partial charge is 0.481 e. The van der Waals surface area contributed by atoms with Gasteiger partial charge in [-0.2, -0.15) is 4.98 Å². The third kappa shape index (κ3) is 2.21. The van der Waals surface area contributed by atoms with E-state index in [9.17, 15) is 4.79 Å². The number of aliphatic carboxylic acids is 1. The van der Waals surface area contributed by atoms with Gasteiger partial charge in [-0.1, -0.05) is 12.1 Å². The Labute approximate surface area is 93.2 Å². The topological polar surface area (TPSA) is 79.5 Å². The van der Waals surface area contributed by atoms with Gasteiger partial charge in [-0.15, -0.1) is 0 Å². The molecule has 6 heteroatoms. The number of likely N-dealkylation sites (tertiary alicyclic amines) is 1. The molecule has 16 heavy (non-hydrogen) atoms. The molecule has 1 aliphatic rings. The second-order valence-corrected chi connectivity index (χ2v) is 4.32. The number of hydrogen-bond donors (Lipinski definition) is 1. The average molecular weight is 225 g/mol. The van der Waals surface area contributed by atoms with E-state index in [1.54, 1.807) is 13.8 Å². The lowest BCUT2D eigenvalue weighted by Crippen LogP contribution is -2.50. The first-order chi connectivity index (χ1) is 7.56. The SMILES string of the molecule is Cc1noc(CN2CC(C(C)C(=O)O)C2)n1. The molecule has 1 N–H and O–H groups in total. The molecule has 0 radical (unpaired) electrons. The van der Waals surface area contributed by atoms with Gasteiger partial charge >= 0.3 is 5.97 Å². The van der Waals surface area contributed by atoms with E-state index in [1.807, 2.05) is 0 Å². The van der Waals surface area contributed by atoms with Crippen LogP contribution in [0.3, 0.4) is 0 Å². The molecule has 1 saturated heterocycles. The smallest absolute Gasteiger partial charge is 0.306 e. The molecular formula is C10H15N3O3. The van der Waals surface area contributed by atoms with Crippen molar-refractivity contribution in [2.75, 3.05) is 13.1 Å². The predicted molar refractivity (Wildman–Crippen MR) is 54.6 cm³/mol. The molecule has 1 fully saturated rings. The Bertz CT molecular complexity index is 384. The Morgan fingerprint density at radius 1 is 1.69 bits per heavy atom. The number of hydrogen-bond acceptors (Lipinski definition) is 5. The van der Waals surface area contributed by atoms with Crippen molar-refractivity contribution in [1.29, 1.82) is 0 Å². The van der Waals surface area contributed by atoms with Crippen molar-refractivity contribution in [1.82, 2.24) is 15.0 Å². The zero-order chi connectivity index (χ0) is 11.7. The van der Waals surface area contributed by atoms with E-state index in [1.165, 1.54) is 0 Å². The van der Waals surface area contributed by atoms with Gasteiger partial charge < -0.3 is 9.63 Å². The van der Waals surface area contributed by atoms with Crippen LogP contribution in [0.4, 0.5) is 0 Å². The summed E-state index contributed by atoms with van der Waals surface area (Å²) in [5.41, 5.74) is 0. The van der Waals surface area contributed by atoms with Crippen molar-refractivity contribution >= 4 is 5.97 Å². The molecular weight excluding hydrogens is 210 g/mol. The molecule has 88 valence electrons. The van der Waals surface area contributed by atoms with E-state index >= 15 is 0 Å². The summed E-state index contributed by atoms with van der Waals surface area (Å²) in [6, 6.07) is 0. The number of carbonyl (C=O) groups is 1. The molecule has 1 aliphatic heterocycles. The zero-order valence-electron chi connectivity index (χ0n) is 9.38. The number of aromatic nitrogens is 2. The summed E-state index contributed by atoms with van der Waals surface area (Å²) in [7, 11) is 0. The second-order valence-electron chi connectivity index (χ2n) is 4.32. The van der Waals surface area contributed by atoms with Crippen LogP contribution in [0.15, 0.2) is 4.52 Å². The summed E-state index contributed by atoms with van der Waals surface area (Å²) >= 11 is 0. The number of nitrogens with zero attached hydrogens (tertiary/aromatic N) is 3. The van der Waals surface area contributed by atoms with E-state index in [0.29, 0.717) is 18.3 Å². The first-order valence-electron chi connectivity index (χ1n) is 5.30. The minimum Gasteiger partial charge on any atom is -0.481 e. The Kier molecular flexibility index (Phi) is 2.91. The third-order valence-corrected chi connectivity index (χ3v) is 3.01. The first-order valence-corrected chi connectivity index (χ1v) is 5.30. The predicted octanol–water partition coefficient (Wildman–Crippen LogP) is 0.531. The molecule has 6 nitrogen and oxygen atoms in total. The fourth-order valence-corrected chi connectivity index (χ4v) is 1.85. The molecule has 0 bridgehead atoms. The minimum absolute atomic E-state index is 0.238. The van der Waals surface area contributed by atoms with Gasteiger partial charge in [-0.05, 0) is 12.8 Å². The molecule has 1 aromatic rings. The highest BCUT2D eigenvalue weighted by molar-refractivity contribution is 5.70. The molecule has 0 aromatic carbocycles. The standard InChI is InChI=1S/C10H15N3O3/c1-6(10(14)15)8-3-13(4-8)5-9-11-7(2)12-16-9/h6,8H,3-5H2,1-2H3,(H,14,15). The van der Waals surface area contributed by atoms with E-state index in [2.05, 4.69) is 15.0 Å². The van der Waals surface area contributed by atoms with Gasteiger partial charge in [0.1, 0.15) is 0 Å². The first kappa shape index (κ1) is 11.1. The molecule has 1 aromatic heterocycles. The van der Waals surface area contributed by atoms with Crippen molar-refractivity contribution < 1.29 is 14.4 Å². The Hall–Kier alpha value is -1.43. The lowest BCUT2D eigenvalue weighted by molar-refractivity contribution is -0.145. The number of aryl methyl sites for hydroxylation is 1.